The molecule has 7 heteroatoms. The first-order valence-corrected chi connectivity index (χ1v) is 9.51. The molecule has 0 unspecified atom stereocenters. The van der Waals surface area contributed by atoms with E-state index >= 15 is 0 Å². The average molecular weight is 385 g/mol. The summed E-state index contributed by atoms with van der Waals surface area (Å²) in [5.41, 5.74) is 6.98. The van der Waals surface area contributed by atoms with E-state index in [9.17, 15) is 8.42 Å². The lowest BCUT2D eigenvalue weighted by atomic mass is 10.3. The Morgan fingerprint density at radius 1 is 1.19 bits per heavy atom. The largest absolute Gasteiger partial charge is 0.398 e. The Morgan fingerprint density at radius 2 is 1.95 bits per heavy atom. The van der Waals surface area contributed by atoms with Gasteiger partial charge in [-0.3, -0.25) is 4.31 Å². The molecule has 0 fully saturated rings. The number of nitrogen functional groups attached to an aromatic ring is 1. The zero-order chi connectivity index (χ0) is 15.0. The van der Waals surface area contributed by atoms with Gasteiger partial charge >= 0.3 is 0 Å². The number of sulfonamides is 1. The van der Waals surface area contributed by atoms with Gasteiger partial charge in [-0.05, 0) is 46.3 Å². The fraction of sp³-hybridized carbons (Fsp3) is 0.143. The second-order valence-electron chi connectivity index (χ2n) is 4.58. The molecule has 0 aliphatic carbocycles. The molecule has 0 radical (unpaired) electrons. The quantitative estimate of drug-likeness (QED) is 0.806. The van der Waals surface area contributed by atoms with Crippen LogP contribution in [0.3, 0.4) is 0 Å². The van der Waals surface area contributed by atoms with Crippen molar-refractivity contribution in [3.63, 3.8) is 0 Å². The Bertz CT molecular complexity index is 793. The Balaban J connectivity index is 2.09. The molecule has 21 heavy (non-hydrogen) atoms. The van der Waals surface area contributed by atoms with E-state index in [4.69, 9.17) is 5.73 Å². The van der Waals surface area contributed by atoms with Gasteiger partial charge in [-0.25, -0.2) is 8.42 Å². The fourth-order valence-electron chi connectivity index (χ4n) is 2.19. The molecule has 1 aliphatic heterocycles. The maximum atomic E-state index is 12.9. The normalized spacial score (nSPS) is 14.8. The van der Waals surface area contributed by atoms with Crippen LogP contribution in [0.2, 0.25) is 0 Å². The van der Waals surface area contributed by atoms with Crippen LogP contribution >= 0.6 is 27.7 Å². The molecule has 0 spiro atoms. The van der Waals surface area contributed by atoms with Gasteiger partial charge in [0.1, 0.15) is 0 Å². The highest BCUT2D eigenvalue weighted by atomic mass is 79.9. The predicted octanol–water partition coefficient (Wildman–Crippen LogP) is 3.33. The van der Waals surface area contributed by atoms with E-state index in [2.05, 4.69) is 15.9 Å². The third-order valence-electron chi connectivity index (χ3n) is 3.25. The SMILES string of the molecule is Nc1ccc(S(=O)(=O)N2CCSc3ccccc32)cc1Br. The third-order valence-corrected chi connectivity index (χ3v) is 6.78. The summed E-state index contributed by atoms with van der Waals surface area (Å²) >= 11 is 4.96. The highest BCUT2D eigenvalue weighted by Crippen LogP contribution is 2.38. The maximum Gasteiger partial charge on any atom is 0.264 e. The first-order chi connectivity index (χ1) is 10.00. The lowest BCUT2D eigenvalue weighted by molar-refractivity contribution is 0.591. The van der Waals surface area contributed by atoms with Crippen LogP contribution in [0.4, 0.5) is 11.4 Å². The van der Waals surface area contributed by atoms with Crippen molar-refractivity contribution < 1.29 is 8.42 Å². The summed E-state index contributed by atoms with van der Waals surface area (Å²) in [5, 5.41) is 0. The van der Waals surface area contributed by atoms with Crippen molar-refractivity contribution in [3.8, 4) is 0 Å². The molecular weight excluding hydrogens is 372 g/mol. The Kier molecular flexibility index (Phi) is 3.90. The first kappa shape index (κ1) is 14.7. The van der Waals surface area contributed by atoms with Crippen molar-refractivity contribution in [1.29, 1.82) is 0 Å². The Hall–Kier alpha value is -1.18. The second-order valence-corrected chi connectivity index (χ2v) is 8.43. The number of nitrogens with two attached hydrogens (primary N) is 1. The smallest absolute Gasteiger partial charge is 0.264 e. The van der Waals surface area contributed by atoms with Crippen LogP contribution in [-0.2, 0) is 10.0 Å². The molecule has 0 amide bonds. The zero-order valence-corrected chi connectivity index (χ0v) is 14.2. The van der Waals surface area contributed by atoms with Gasteiger partial charge in [0.05, 0.1) is 10.6 Å². The van der Waals surface area contributed by atoms with Crippen LogP contribution in [0, 0.1) is 0 Å². The standard InChI is InChI=1S/C14H13BrN2O2S2/c15-11-9-10(5-6-12(11)16)21(18,19)17-7-8-20-14-4-2-1-3-13(14)17/h1-6,9H,7-8,16H2. The number of hydrogen-bond acceptors (Lipinski definition) is 4. The number of nitrogens with zero attached hydrogens (tertiary/aromatic N) is 1. The number of fused-ring (bicyclic) bond motifs is 1. The molecule has 4 nitrogen and oxygen atoms in total. The van der Waals surface area contributed by atoms with E-state index in [0.29, 0.717) is 16.7 Å². The van der Waals surface area contributed by atoms with Crippen molar-refractivity contribution in [2.24, 2.45) is 0 Å². The van der Waals surface area contributed by atoms with Gasteiger partial charge in [-0.1, -0.05) is 12.1 Å². The predicted molar refractivity (Wildman–Crippen MR) is 90.3 cm³/mol. The number of halogens is 1. The number of thioether (sulfide) groups is 1. The molecule has 0 saturated carbocycles. The Labute approximate surface area is 136 Å². The minimum absolute atomic E-state index is 0.241. The molecule has 0 bridgehead atoms. The van der Waals surface area contributed by atoms with Gasteiger partial charge in [-0.15, -0.1) is 11.8 Å². The summed E-state index contributed by atoms with van der Waals surface area (Å²) in [6.45, 7) is 0.464. The minimum atomic E-state index is -3.58. The van der Waals surface area contributed by atoms with Gasteiger partial charge in [0.15, 0.2) is 0 Å². The number of anilines is 2. The number of benzene rings is 2. The summed E-state index contributed by atoms with van der Waals surface area (Å²) in [5.74, 6) is 0.742. The van der Waals surface area contributed by atoms with E-state index in [1.165, 1.54) is 4.31 Å². The van der Waals surface area contributed by atoms with E-state index < -0.39 is 10.0 Å². The molecule has 0 saturated heterocycles. The van der Waals surface area contributed by atoms with Crippen molar-refractivity contribution in [2.75, 3.05) is 22.3 Å². The highest BCUT2D eigenvalue weighted by molar-refractivity contribution is 9.10. The molecule has 0 atom stereocenters. The first-order valence-electron chi connectivity index (χ1n) is 6.30. The minimum Gasteiger partial charge on any atom is -0.398 e. The van der Waals surface area contributed by atoms with E-state index in [-0.39, 0.29) is 4.90 Å². The van der Waals surface area contributed by atoms with Crippen LogP contribution in [-0.4, -0.2) is 20.7 Å². The van der Waals surface area contributed by atoms with Gasteiger partial charge in [0.25, 0.3) is 10.0 Å². The van der Waals surface area contributed by atoms with Crippen LogP contribution in [0.1, 0.15) is 0 Å². The number of hydrogen-bond donors (Lipinski definition) is 1. The average Bonchev–Trinajstić information content (AvgIpc) is 2.49. The summed E-state index contributed by atoms with van der Waals surface area (Å²) in [7, 11) is -3.58. The molecular formula is C14H13BrN2O2S2. The molecule has 2 N–H and O–H groups in total. The molecule has 2 aromatic carbocycles. The fourth-order valence-corrected chi connectivity index (χ4v) is 5.40. The van der Waals surface area contributed by atoms with Crippen LogP contribution in [0.5, 0.6) is 0 Å². The summed E-state index contributed by atoms with van der Waals surface area (Å²) in [6, 6.07) is 12.2. The summed E-state index contributed by atoms with van der Waals surface area (Å²) in [6.07, 6.45) is 0. The van der Waals surface area contributed by atoms with Gasteiger partial charge < -0.3 is 5.73 Å². The van der Waals surface area contributed by atoms with E-state index in [1.807, 2.05) is 24.3 Å². The lowest BCUT2D eigenvalue weighted by Crippen LogP contribution is -2.35. The highest BCUT2D eigenvalue weighted by Gasteiger charge is 2.29. The van der Waals surface area contributed by atoms with E-state index in [1.54, 1.807) is 30.0 Å². The third kappa shape index (κ3) is 2.65. The molecule has 110 valence electrons. The lowest BCUT2D eigenvalue weighted by Gasteiger charge is -2.30. The van der Waals surface area contributed by atoms with E-state index in [0.717, 1.165) is 16.3 Å². The van der Waals surface area contributed by atoms with Crippen molar-refractivity contribution in [1.82, 2.24) is 0 Å². The molecule has 1 heterocycles. The molecule has 2 aromatic rings. The van der Waals surface area contributed by atoms with Crippen LogP contribution < -0.4 is 10.0 Å². The Morgan fingerprint density at radius 3 is 2.71 bits per heavy atom. The topological polar surface area (TPSA) is 63.4 Å². The van der Waals surface area contributed by atoms with Gasteiger partial charge in [0, 0.05) is 27.4 Å². The van der Waals surface area contributed by atoms with Crippen molar-refractivity contribution in [2.45, 2.75) is 9.79 Å². The monoisotopic (exact) mass is 384 g/mol. The second kappa shape index (κ2) is 5.55. The molecule has 0 aromatic heterocycles. The zero-order valence-electron chi connectivity index (χ0n) is 11.0. The molecule has 3 rings (SSSR count). The summed E-state index contributed by atoms with van der Waals surface area (Å²) in [4.78, 5) is 1.23. The van der Waals surface area contributed by atoms with Crippen molar-refractivity contribution in [3.05, 3.63) is 46.9 Å². The van der Waals surface area contributed by atoms with Gasteiger partial charge in [0.2, 0.25) is 0 Å². The van der Waals surface area contributed by atoms with Gasteiger partial charge in [-0.2, -0.15) is 0 Å². The molecule has 1 aliphatic rings. The van der Waals surface area contributed by atoms with Crippen LogP contribution in [0.15, 0.2) is 56.7 Å². The maximum absolute atomic E-state index is 12.9. The number of rotatable bonds is 2. The van der Waals surface area contributed by atoms with Crippen LogP contribution in [0.25, 0.3) is 0 Å². The summed E-state index contributed by atoms with van der Waals surface area (Å²) < 4.78 is 27.8. The van der Waals surface area contributed by atoms with Crippen molar-refractivity contribution >= 4 is 49.1 Å². The number of para-hydroxylation sites is 1.